The van der Waals surface area contributed by atoms with E-state index < -0.39 is 0 Å². The molecule has 3 rings (SSSR count). The molecule has 0 radical (unpaired) electrons. The van der Waals surface area contributed by atoms with Crippen molar-refractivity contribution in [3.8, 4) is 17.2 Å². The molecule has 0 saturated carbocycles. The quantitative estimate of drug-likeness (QED) is 0.642. The van der Waals surface area contributed by atoms with E-state index in [0.29, 0.717) is 0 Å². The Hall–Kier alpha value is -2.48. The number of aryl methyl sites for hydroxylation is 3. The van der Waals surface area contributed by atoms with Gasteiger partial charge in [0.15, 0.2) is 0 Å². The van der Waals surface area contributed by atoms with E-state index in [1.54, 1.807) is 0 Å². The summed E-state index contributed by atoms with van der Waals surface area (Å²) in [6.45, 7) is 6.30. The van der Waals surface area contributed by atoms with Crippen LogP contribution >= 0.6 is 0 Å². The molecule has 2 heteroatoms. The van der Waals surface area contributed by atoms with Crippen LogP contribution in [-0.2, 0) is 0 Å². The second kappa shape index (κ2) is 5.49. The van der Waals surface area contributed by atoms with Crippen LogP contribution < -0.4 is 4.74 Å². The van der Waals surface area contributed by atoms with Gasteiger partial charge in [-0.3, -0.25) is 0 Å². The first-order chi connectivity index (χ1) is 10.1. The van der Waals surface area contributed by atoms with E-state index in [-0.39, 0.29) is 0 Å². The predicted molar refractivity (Wildman–Crippen MR) is 86.5 cm³/mol. The van der Waals surface area contributed by atoms with E-state index >= 15 is 0 Å². The number of aromatic nitrogens is 1. The Balaban J connectivity index is 1.83. The number of hydrogen-bond acceptors (Lipinski definition) is 1. The number of benzene rings is 2. The van der Waals surface area contributed by atoms with Crippen LogP contribution in [0.1, 0.15) is 17.0 Å². The Morgan fingerprint density at radius 2 is 1.10 bits per heavy atom. The van der Waals surface area contributed by atoms with Gasteiger partial charge in [0, 0.05) is 17.1 Å². The van der Waals surface area contributed by atoms with E-state index in [4.69, 9.17) is 4.74 Å². The van der Waals surface area contributed by atoms with Gasteiger partial charge in [-0.25, -0.2) is 0 Å². The average molecular weight is 277 g/mol. The Morgan fingerprint density at radius 3 is 1.62 bits per heavy atom. The maximum Gasteiger partial charge on any atom is 0.127 e. The van der Waals surface area contributed by atoms with Gasteiger partial charge in [-0.15, -0.1) is 0 Å². The highest BCUT2D eigenvalue weighted by atomic mass is 16.5. The van der Waals surface area contributed by atoms with Crippen molar-refractivity contribution in [3.05, 3.63) is 77.6 Å². The van der Waals surface area contributed by atoms with Crippen LogP contribution in [0.3, 0.4) is 0 Å². The van der Waals surface area contributed by atoms with Crippen LogP contribution in [0.4, 0.5) is 0 Å². The van der Waals surface area contributed by atoms with Crippen LogP contribution in [0.5, 0.6) is 11.5 Å². The number of hydrogen-bond donors (Lipinski definition) is 0. The van der Waals surface area contributed by atoms with Gasteiger partial charge in [0.1, 0.15) is 11.5 Å². The number of nitrogens with zero attached hydrogens (tertiary/aromatic N) is 1. The fourth-order valence-corrected chi connectivity index (χ4v) is 2.48. The molecule has 0 N–H and O–H groups in total. The minimum absolute atomic E-state index is 0.852. The number of ether oxygens (including phenoxy) is 1. The monoisotopic (exact) mass is 277 g/mol. The molecule has 1 aromatic heterocycles. The molecule has 3 aromatic rings. The first-order valence-electron chi connectivity index (χ1n) is 7.13. The van der Waals surface area contributed by atoms with Crippen LogP contribution in [0.15, 0.2) is 60.7 Å². The molecule has 0 unspecified atom stereocenters. The van der Waals surface area contributed by atoms with Crippen LogP contribution in [0.2, 0.25) is 0 Å². The van der Waals surface area contributed by atoms with Crippen molar-refractivity contribution >= 4 is 0 Å². The maximum atomic E-state index is 5.86. The molecule has 0 aliphatic carbocycles. The lowest BCUT2D eigenvalue weighted by molar-refractivity contribution is 0.482. The van der Waals surface area contributed by atoms with Crippen molar-refractivity contribution < 1.29 is 4.74 Å². The molecule has 0 aliphatic heterocycles. The zero-order valence-electron chi connectivity index (χ0n) is 12.6. The Bertz CT molecular complexity index is 717. The largest absolute Gasteiger partial charge is 0.457 e. The van der Waals surface area contributed by atoms with Gasteiger partial charge in [-0.05, 0) is 69.3 Å². The first kappa shape index (κ1) is 13.5. The first-order valence-corrected chi connectivity index (χ1v) is 7.13. The zero-order valence-corrected chi connectivity index (χ0v) is 12.6. The topological polar surface area (TPSA) is 14.2 Å². The molecule has 0 atom stereocenters. The Kier molecular flexibility index (Phi) is 3.53. The van der Waals surface area contributed by atoms with Gasteiger partial charge < -0.3 is 9.30 Å². The van der Waals surface area contributed by atoms with E-state index in [2.05, 4.69) is 61.7 Å². The molecule has 21 heavy (non-hydrogen) atoms. The molecule has 1 heterocycles. The minimum Gasteiger partial charge on any atom is -0.457 e. The molecule has 0 saturated heterocycles. The Morgan fingerprint density at radius 1 is 0.619 bits per heavy atom. The zero-order chi connectivity index (χ0) is 14.8. The summed E-state index contributed by atoms with van der Waals surface area (Å²) in [4.78, 5) is 0. The van der Waals surface area contributed by atoms with E-state index in [1.165, 1.54) is 17.0 Å². The highest BCUT2D eigenvalue weighted by molar-refractivity contribution is 5.42. The van der Waals surface area contributed by atoms with Crippen molar-refractivity contribution in [2.24, 2.45) is 0 Å². The molecule has 106 valence electrons. The highest BCUT2D eigenvalue weighted by Gasteiger charge is 2.04. The lowest BCUT2D eigenvalue weighted by Gasteiger charge is -2.11. The van der Waals surface area contributed by atoms with Crippen LogP contribution in [0, 0.1) is 20.8 Å². The second-order valence-corrected chi connectivity index (χ2v) is 5.36. The molecular weight excluding hydrogens is 258 g/mol. The SMILES string of the molecule is Cc1ccc(Oc2ccc(-n3c(C)ccc3C)cc2)cc1. The molecule has 2 nitrogen and oxygen atoms in total. The highest BCUT2D eigenvalue weighted by Crippen LogP contribution is 2.24. The average Bonchev–Trinajstić information content (AvgIpc) is 2.82. The molecular formula is C19H19NO. The summed E-state index contributed by atoms with van der Waals surface area (Å²) in [5, 5.41) is 0. The molecule has 0 bridgehead atoms. The van der Waals surface area contributed by atoms with E-state index in [9.17, 15) is 0 Å². The molecule has 0 amide bonds. The molecule has 0 spiro atoms. The lowest BCUT2D eigenvalue weighted by atomic mass is 10.2. The summed E-state index contributed by atoms with van der Waals surface area (Å²) in [5.41, 5.74) is 4.86. The minimum atomic E-state index is 0.852. The van der Waals surface area contributed by atoms with Crippen LogP contribution in [-0.4, -0.2) is 4.57 Å². The maximum absolute atomic E-state index is 5.86. The fourth-order valence-electron chi connectivity index (χ4n) is 2.48. The molecule has 2 aromatic carbocycles. The summed E-state index contributed by atoms with van der Waals surface area (Å²) in [5.74, 6) is 1.71. The molecule has 0 aliphatic rings. The van der Waals surface area contributed by atoms with Crippen molar-refractivity contribution in [1.29, 1.82) is 0 Å². The summed E-state index contributed by atoms with van der Waals surface area (Å²) in [7, 11) is 0. The standard InChI is InChI=1S/C19H19NO/c1-14-4-10-18(11-5-14)21-19-12-8-17(9-13-19)20-15(2)6-7-16(20)3/h4-13H,1-3H3. The summed E-state index contributed by atoms with van der Waals surface area (Å²) in [6, 6.07) is 20.5. The van der Waals surface area contributed by atoms with Gasteiger partial charge in [0.25, 0.3) is 0 Å². The fraction of sp³-hybridized carbons (Fsp3) is 0.158. The summed E-state index contributed by atoms with van der Waals surface area (Å²) < 4.78 is 8.09. The third kappa shape index (κ3) is 2.84. The van der Waals surface area contributed by atoms with Gasteiger partial charge in [-0.1, -0.05) is 17.7 Å². The molecule has 0 fully saturated rings. The van der Waals surface area contributed by atoms with Crippen molar-refractivity contribution in [1.82, 2.24) is 4.57 Å². The predicted octanol–water partition coefficient (Wildman–Crippen LogP) is 5.19. The summed E-state index contributed by atoms with van der Waals surface area (Å²) >= 11 is 0. The second-order valence-electron chi connectivity index (χ2n) is 5.36. The van der Waals surface area contributed by atoms with Crippen LogP contribution in [0.25, 0.3) is 5.69 Å². The van der Waals surface area contributed by atoms with Gasteiger partial charge in [-0.2, -0.15) is 0 Å². The normalized spacial score (nSPS) is 10.6. The van der Waals surface area contributed by atoms with Gasteiger partial charge in [0.2, 0.25) is 0 Å². The third-order valence-electron chi connectivity index (χ3n) is 3.62. The number of rotatable bonds is 3. The van der Waals surface area contributed by atoms with Gasteiger partial charge >= 0.3 is 0 Å². The Labute approximate surface area is 125 Å². The van der Waals surface area contributed by atoms with Crippen molar-refractivity contribution in [2.75, 3.05) is 0 Å². The lowest BCUT2D eigenvalue weighted by Crippen LogP contribution is -1.98. The van der Waals surface area contributed by atoms with E-state index in [0.717, 1.165) is 17.2 Å². The van der Waals surface area contributed by atoms with Crippen molar-refractivity contribution in [2.45, 2.75) is 20.8 Å². The summed E-state index contributed by atoms with van der Waals surface area (Å²) in [6.07, 6.45) is 0. The van der Waals surface area contributed by atoms with E-state index in [1.807, 2.05) is 24.3 Å². The van der Waals surface area contributed by atoms with Crippen molar-refractivity contribution in [3.63, 3.8) is 0 Å². The smallest absolute Gasteiger partial charge is 0.127 e. The third-order valence-corrected chi connectivity index (χ3v) is 3.62. The van der Waals surface area contributed by atoms with Gasteiger partial charge in [0.05, 0.1) is 0 Å².